The van der Waals surface area contributed by atoms with Gasteiger partial charge in [0.25, 0.3) is 5.91 Å². The molecular formula is C15H13BrFNOS. The van der Waals surface area contributed by atoms with E-state index in [-0.39, 0.29) is 17.8 Å². The van der Waals surface area contributed by atoms with Crippen LogP contribution in [-0.2, 0) is 6.42 Å². The van der Waals surface area contributed by atoms with E-state index in [4.69, 9.17) is 0 Å². The summed E-state index contributed by atoms with van der Waals surface area (Å²) >= 11 is 4.87. The second-order valence-corrected chi connectivity index (χ2v) is 7.20. The van der Waals surface area contributed by atoms with Crippen molar-refractivity contribution in [2.75, 3.05) is 6.54 Å². The van der Waals surface area contributed by atoms with Gasteiger partial charge in [-0.25, -0.2) is 4.39 Å². The van der Waals surface area contributed by atoms with E-state index in [0.29, 0.717) is 12.1 Å². The molecule has 1 aliphatic heterocycles. The summed E-state index contributed by atoms with van der Waals surface area (Å²) < 4.78 is 14.4. The monoisotopic (exact) mass is 353 g/mol. The zero-order chi connectivity index (χ0) is 14.3. The predicted molar refractivity (Wildman–Crippen MR) is 81.6 cm³/mol. The van der Waals surface area contributed by atoms with Crippen molar-refractivity contribution in [1.82, 2.24) is 4.90 Å². The molecule has 0 bridgehead atoms. The minimum absolute atomic E-state index is 0.00867. The Morgan fingerprint density at radius 2 is 2.25 bits per heavy atom. The quantitative estimate of drug-likeness (QED) is 0.743. The van der Waals surface area contributed by atoms with Gasteiger partial charge in [-0.3, -0.25) is 4.79 Å². The minimum Gasteiger partial charge on any atom is -0.332 e. The van der Waals surface area contributed by atoms with Gasteiger partial charge in [-0.05, 0) is 58.6 Å². The van der Waals surface area contributed by atoms with Crippen LogP contribution in [0.3, 0.4) is 0 Å². The van der Waals surface area contributed by atoms with Crippen molar-refractivity contribution in [2.24, 2.45) is 0 Å². The molecule has 0 aliphatic carbocycles. The van der Waals surface area contributed by atoms with Crippen molar-refractivity contribution in [2.45, 2.75) is 19.4 Å². The van der Waals surface area contributed by atoms with E-state index in [9.17, 15) is 9.18 Å². The molecule has 0 fully saturated rings. The lowest BCUT2D eigenvalue weighted by Crippen LogP contribution is -2.38. The molecule has 0 saturated carbocycles. The Balaban J connectivity index is 1.91. The molecule has 0 saturated heterocycles. The number of thiophene rings is 1. The second-order valence-electron chi connectivity index (χ2n) is 4.91. The number of carbonyl (C=O) groups excluding carboxylic acids is 1. The summed E-state index contributed by atoms with van der Waals surface area (Å²) in [5.74, 6) is -0.238. The topological polar surface area (TPSA) is 20.3 Å². The molecule has 1 aliphatic rings. The van der Waals surface area contributed by atoms with Crippen LogP contribution < -0.4 is 0 Å². The molecule has 104 valence electrons. The molecule has 0 spiro atoms. The SMILES string of the molecule is CC1c2cc(F)ccc2CCN1C(=O)c1csc(Br)c1. The largest absolute Gasteiger partial charge is 0.332 e. The second kappa shape index (κ2) is 5.30. The van der Waals surface area contributed by atoms with Gasteiger partial charge in [0.15, 0.2) is 0 Å². The van der Waals surface area contributed by atoms with Crippen LogP contribution in [-0.4, -0.2) is 17.4 Å². The molecule has 0 radical (unpaired) electrons. The fourth-order valence-corrected chi connectivity index (χ4v) is 3.78. The Hall–Kier alpha value is -1.20. The minimum atomic E-state index is -0.247. The summed E-state index contributed by atoms with van der Waals surface area (Å²) in [6.07, 6.45) is 0.775. The van der Waals surface area contributed by atoms with Crippen LogP contribution in [0.1, 0.15) is 34.5 Å². The Morgan fingerprint density at radius 1 is 1.45 bits per heavy atom. The normalized spacial score (nSPS) is 17.9. The third kappa shape index (κ3) is 2.40. The van der Waals surface area contributed by atoms with Crippen molar-refractivity contribution in [1.29, 1.82) is 0 Å². The molecule has 1 aromatic heterocycles. The number of amides is 1. The van der Waals surface area contributed by atoms with Gasteiger partial charge in [-0.15, -0.1) is 11.3 Å². The van der Waals surface area contributed by atoms with E-state index in [1.165, 1.54) is 17.4 Å². The molecule has 2 aromatic rings. The van der Waals surface area contributed by atoms with Crippen LogP contribution in [0.15, 0.2) is 33.4 Å². The lowest BCUT2D eigenvalue weighted by atomic mass is 9.93. The zero-order valence-corrected chi connectivity index (χ0v) is 13.3. The van der Waals surface area contributed by atoms with Crippen molar-refractivity contribution in [3.05, 3.63) is 55.9 Å². The van der Waals surface area contributed by atoms with Crippen molar-refractivity contribution >= 4 is 33.2 Å². The van der Waals surface area contributed by atoms with Crippen LogP contribution >= 0.6 is 27.3 Å². The highest BCUT2D eigenvalue weighted by Gasteiger charge is 2.28. The summed E-state index contributed by atoms with van der Waals surface area (Å²) in [5, 5.41) is 1.85. The highest BCUT2D eigenvalue weighted by Crippen LogP contribution is 2.32. The molecule has 3 rings (SSSR count). The van der Waals surface area contributed by atoms with Crippen LogP contribution in [0, 0.1) is 5.82 Å². The summed E-state index contributed by atoms with van der Waals surface area (Å²) in [6.45, 7) is 2.63. The Bertz CT molecular complexity index is 670. The molecule has 1 amide bonds. The maximum absolute atomic E-state index is 13.4. The van der Waals surface area contributed by atoms with Gasteiger partial charge in [-0.2, -0.15) is 0 Å². The first kappa shape index (κ1) is 13.8. The molecular weight excluding hydrogens is 341 g/mol. The smallest absolute Gasteiger partial charge is 0.255 e. The fourth-order valence-electron chi connectivity index (χ4n) is 2.65. The molecule has 0 N–H and O–H groups in total. The van der Waals surface area contributed by atoms with Gasteiger partial charge in [0.05, 0.1) is 15.4 Å². The number of halogens is 2. The van der Waals surface area contributed by atoms with E-state index in [1.54, 1.807) is 6.07 Å². The van der Waals surface area contributed by atoms with E-state index < -0.39 is 0 Å². The highest BCUT2D eigenvalue weighted by atomic mass is 79.9. The summed E-state index contributed by atoms with van der Waals surface area (Å²) in [6, 6.07) is 6.59. The fraction of sp³-hybridized carbons (Fsp3) is 0.267. The van der Waals surface area contributed by atoms with E-state index in [0.717, 1.165) is 21.3 Å². The van der Waals surface area contributed by atoms with Crippen LogP contribution in [0.2, 0.25) is 0 Å². The third-order valence-corrected chi connectivity index (χ3v) is 5.23. The molecule has 1 aromatic carbocycles. The Kier molecular flexibility index (Phi) is 3.65. The third-order valence-electron chi connectivity index (χ3n) is 3.72. The van der Waals surface area contributed by atoms with Crippen molar-refractivity contribution in [3.63, 3.8) is 0 Å². The first-order valence-corrected chi connectivity index (χ1v) is 8.07. The van der Waals surface area contributed by atoms with E-state index >= 15 is 0 Å². The first-order valence-electron chi connectivity index (χ1n) is 6.39. The van der Waals surface area contributed by atoms with Crippen LogP contribution in [0.5, 0.6) is 0 Å². The number of hydrogen-bond acceptors (Lipinski definition) is 2. The van der Waals surface area contributed by atoms with Crippen LogP contribution in [0.4, 0.5) is 4.39 Å². The molecule has 5 heteroatoms. The standard InChI is InChI=1S/C15H13BrFNOS/c1-9-13-7-12(17)3-2-10(13)4-5-18(9)15(19)11-6-14(16)20-8-11/h2-3,6-9H,4-5H2,1H3. The van der Waals surface area contributed by atoms with Gasteiger partial charge in [0.2, 0.25) is 0 Å². The maximum Gasteiger partial charge on any atom is 0.255 e. The first-order chi connectivity index (χ1) is 9.56. The molecule has 20 heavy (non-hydrogen) atoms. The summed E-state index contributed by atoms with van der Waals surface area (Å²) in [4.78, 5) is 14.4. The Morgan fingerprint density at radius 3 is 2.95 bits per heavy atom. The maximum atomic E-state index is 13.4. The Labute approximate surface area is 129 Å². The lowest BCUT2D eigenvalue weighted by molar-refractivity contribution is 0.0678. The van der Waals surface area contributed by atoms with Gasteiger partial charge < -0.3 is 4.90 Å². The van der Waals surface area contributed by atoms with E-state index in [1.807, 2.05) is 29.3 Å². The lowest BCUT2D eigenvalue weighted by Gasteiger charge is -2.35. The predicted octanol–water partition coefficient (Wildman–Crippen LogP) is 4.41. The number of hydrogen-bond donors (Lipinski definition) is 0. The highest BCUT2D eigenvalue weighted by molar-refractivity contribution is 9.11. The number of carbonyl (C=O) groups is 1. The number of rotatable bonds is 1. The zero-order valence-electron chi connectivity index (χ0n) is 10.9. The van der Waals surface area contributed by atoms with Crippen molar-refractivity contribution in [3.8, 4) is 0 Å². The van der Waals surface area contributed by atoms with Crippen LogP contribution in [0.25, 0.3) is 0 Å². The van der Waals surface area contributed by atoms with Gasteiger partial charge >= 0.3 is 0 Å². The molecule has 2 heterocycles. The van der Waals surface area contributed by atoms with Gasteiger partial charge in [-0.1, -0.05) is 6.07 Å². The number of nitrogens with zero attached hydrogens (tertiary/aromatic N) is 1. The molecule has 2 nitrogen and oxygen atoms in total. The number of benzene rings is 1. The van der Waals surface area contributed by atoms with Gasteiger partial charge in [0.1, 0.15) is 5.82 Å². The summed E-state index contributed by atoms with van der Waals surface area (Å²) in [5.41, 5.74) is 2.74. The number of fused-ring (bicyclic) bond motifs is 1. The van der Waals surface area contributed by atoms with Gasteiger partial charge in [0, 0.05) is 11.9 Å². The molecule has 1 atom stereocenters. The average Bonchev–Trinajstić information content (AvgIpc) is 2.86. The molecule has 1 unspecified atom stereocenters. The average molecular weight is 354 g/mol. The van der Waals surface area contributed by atoms with E-state index in [2.05, 4.69) is 15.9 Å². The summed E-state index contributed by atoms with van der Waals surface area (Å²) in [7, 11) is 0. The van der Waals surface area contributed by atoms with Crippen molar-refractivity contribution < 1.29 is 9.18 Å².